The van der Waals surface area contributed by atoms with E-state index in [2.05, 4.69) is 6.07 Å². The minimum Gasteiger partial charge on any atom is -0.397 e. The van der Waals surface area contributed by atoms with Crippen molar-refractivity contribution in [3.05, 3.63) is 40.0 Å². The maximum Gasteiger partial charge on any atom is 0.132 e. The fourth-order valence-corrected chi connectivity index (χ4v) is 3.07. The van der Waals surface area contributed by atoms with Crippen molar-refractivity contribution < 1.29 is 4.39 Å². The van der Waals surface area contributed by atoms with Gasteiger partial charge in [0.25, 0.3) is 0 Å². The Morgan fingerprint density at radius 2 is 2.17 bits per heavy atom. The largest absolute Gasteiger partial charge is 0.397 e. The van der Waals surface area contributed by atoms with Crippen molar-refractivity contribution in [2.24, 2.45) is 0 Å². The van der Waals surface area contributed by atoms with Gasteiger partial charge >= 0.3 is 0 Å². The molecule has 0 unspecified atom stereocenters. The molecule has 0 spiro atoms. The molecule has 1 heterocycles. The van der Waals surface area contributed by atoms with E-state index in [4.69, 9.17) is 11.0 Å². The van der Waals surface area contributed by atoms with E-state index >= 15 is 0 Å². The summed E-state index contributed by atoms with van der Waals surface area (Å²) in [5, 5.41) is 9.00. The Kier molecular flexibility index (Phi) is 3.35. The zero-order chi connectivity index (χ0) is 13.3. The van der Waals surface area contributed by atoms with Gasteiger partial charge in [-0.05, 0) is 30.5 Å². The van der Waals surface area contributed by atoms with Gasteiger partial charge in [0, 0.05) is 10.4 Å². The summed E-state index contributed by atoms with van der Waals surface area (Å²) in [6.07, 6.45) is 0.687. The Bertz CT molecular complexity index is 638. The standard InChI is InChI=1S/C14H13FN2S/c1-3-9-13(17)12(7-16)18-14(9)10-5-4-8(2)6-11(10)15/h4-6H,3,17H2,1-2H3. The molecule has 1 aromatic carbocycles. The molecule has 0 radical (unpaired) electrons. The van der Waals surface area contributed by atoms with Gasteiger partial charge in [0.1, 0.15) is 16.8 Å². The van der Waals surface area contributed by atoms with Crippen LogP contribution in [0.25, 0.3) is 10.4 Å². The zero-order valence-electron chi connectivity index (χ0n) is 10.2. The summed E-state index contributed by atoms with van der Waals surface area (Å²) in [5.41, 5.74) is 8.65. The summed E-state index contributed by atoms with van der Waals surface area (Å²) >= 11 is 1.26. The van der Waals surface area contributed by atoms with E-state index in [9.17, 15) is 4.39 Å². The number of nitrogen functional groups attached to an aromatic ring is 1. The van der Waals surface area contributed by atoms with E-state index in [1.54, 1.807) is 6.07 Å². The van der Waals surface area contributed by atoms with E-state index < -0.39 is 0 Å². The molecule has 0 aliphatic rings. The summed E-state index contributed by atoms with van der Waals surface area (Å²) in [6, 6.07) is 7.17. The molecule has 0 saturated heterocycles. The number of nitrogens with zero attached hydrogens (tertiary/aromatic N) is 1. The van der Waals surface area contributed by atoms with Gasteiger partial charge in [0.2, 0.25) is 0 Å². The van der Waals surface area contributed by atoms with Crippen molar-refractivity contribution in [3.63, 3.8) is 0 Å². The van der Waals surface area contributed by atoms with Crippen molar-refractivity contribution in [2.75, 3.05) is 5.73 Å². The van der Waals surface area contributed by atoms with Gasteiger partial charge in [0.15, 0.2) is 0 Å². The van der Waals surface area contributed by atoms with Crippen LogP contribution in [0, 0.1) is 24.1 Å². The van der Waals surface area contributed by atoms with Crippen LogP contribution in [-0.2, 0) is 6.42 Å². The number of hydrogen-bond donors (Lipinski definition) is 1. The minimum atomic E-state index is -0.268. The fraction of sp³-hybridized carbons (Fsp3) is 0.214. The number of benzene rings is 1. The molecule has 18 heavy (non-hydrogen) atoms. The average Bonchev–Trinajstić information content (AvgIpc) is 2.65. The second kappa shape index (κ2) is 4.79. The van der Waals surface area contributed by atoms with Gasteiger partial charge in [-0.1, -0.05) is 19.1 Å². The van der Waals surface area contributed by atoms with Gasteiger partial charge < -0.3 is 5.73 Å². The highest BCUT2D eigenvalue weighted by Crippen LogP contribution is 2.39. The Balaban J connectivity index is 2.68. The van der Waals surface area contributed by atoms with Crippen LogP contribution in [0.15, 0.2) is 18.2 Å². The van der Waals surface area contributed by atoms with Crippen molar-refractivity contribution in [2.45, 2.75) is 20.3 Å². The van der Waals surface area contributed by atoms with Gasteiger partial charge in [-0.2, -0.15) is 5.26 Å². The molecule has 0 aliphatic carbocycles. The number of nitriles is 1. The highest BCUT2D eigenvalue weighted by molar-refractivity contribution is 7.16. The van der Waals surface area contributed by atoms with Crippen LogP contribution in [0.2, 0.25) is 0 Å². The molecule has 0 aliphatic heterocycles. The lowest BCUT2D eigenvalue weighted by molar-refractivity contribution is 0.630. The van der Waals surface area contributed by atoms with Crippen LogP contribution in [-0.4, -0.2) is 0 Å². The quantitative estimate of drug-likeness (QED) is 0.890. The summed E-state index contributed by atoms with van der Waals surface area (Å²) in [5.74, 6) is -0.268. The summed E-state index contributed by atoms with van der Waals surface area (Å²) in [4.78, 5) is 1.23. The minimum absolute atomic E-state index is 0.268. The third-order valence-electron chi connectivity index (χ3n) is 2.87. The first kappa shape index (κ1) is 12.6. The zero-order valence-corrected chi connectivity index (χ0v) is 11.1. The smallest absolute Gasteiger partial charge is 0.132 e. The number of thiophene rings is 1. The number of aryl methyl sites for hydroxylation is 1. The molecular formula is C14H13FN2S. The SMILES string of the molecule is CCc1c(-c2ccc(C)cc2F)sc(C#N)c1N. The molecule has 1 aromatic heterocycles. The van der Waals surface area contributed by atoms with Crippen LogP contribution in [0.4, 0.5) is 10.1 Å². The second-order valence-corrected chi connectivity index (χ2v) is 5.12. The molecule has 0 bridgehead atoms. The van der Waals surface area contributed by atoms with E-state index in [-0.39, 0.29) is 5.82 Å². The molecule has 2 N–H and O–H groups in total. The highest BCUT2D eigenvalue weighted by Gasteiger charge is 2.18. The topological polar surface area (TPSA) is 49.8 Å². The predicted octanol–water partition coefficient (Wildman–Crippen LogP) is 3.88. The maximum atomic E-state index is 14.0. The number of halogens is 1. The monoisotopic (exact) mass is 260 g/mol. The lowest BCUT2D eigenvalue weighted by atomic mass is 10.0. The van der Waals surface area contributed by atoms with Crippen LogP contribution >= 0.6 is 11.3 Å². The Morgan fingerprint density at radius 3 is 2.72 bits per heavy atom. The van der Waals surface area contributed by atoms with Crippen molar-refractivity contribution in [1.29, 1.82) is 5.26 Å². The number of hydrogen-bond acceptors (Lipinski definition) is 3. The van der Waals surface area contributed by atoms with Gasteiger partial charge in [0.05, 0.1) is 5.69 Å². The molecule has 2 aromatic rings. The lowest BCUT2D eigenvalue weighted by Gasteiger charge is -2.05. The Morgan fingerprint density at radius 1 is 1.44 bits per heavy atom. The first-order valence-corrected chi connectivity index (χ1v) is 6.47. The first-order chi connectivity index (χ1) is 8.58. The van der Waals surface area contributed by atoms with E-state index in [0.717, 1.165) is 16.0 Å². The van der Waals surface area contributed by atoms with Crippen LogP contribution in [0.1, 0.15) is 22.9 Å². The normalized spacial score (nSPS) is 10.3. The highest BCUT2D eigenvalue weighted by atomic mass is 32.1. The van der Waals surface area contributed by atoms with Gasteiger partial charge in [-0.3, -0.25) is 0 Å². The van der Waals surface area contributed by atoms with Crippen LogP contribution in [0.3, 0.4) is 0 Å². The summed E-state index contributed by atoms with van der Waals surface area (Å²) in [6.45, 7) is 3.80. The van der Waals surface area contributed by atoms with Crippen LogP contribution in [0.5, 0.6) is 0 Å². The molecule has 2 nitrogen and oxygen atoms in total. The fourth-order valence-electron chi connectivity index (χ4n) is 1.93. The average molecular weight is 260 g/mol. The Labute approximate surface area is 109 Å². The molecule has 4 heteroatoms. The molecule has 2 rings (SSSR count). The summed E-state index contributed by atoms with van der Waals surface area (Å²) in [7, 11) is 0. The third-order valence-corrected chi connectivity index (χ3v) is 4.06. The number of nitrogens with two attached hydrogens (primary N) is 1. The van der Waals surface area contributed by atoms with E-state index in [0.29, 0.717) is 22.5 Å². The summed E-state index contributed by atoms with van der Waals surface area (Å²) < 4.78 is 14.0. The van der Waals surface area contributed by atoms with E-state index in [1.165, 1.54) is 17.4 Å². The maximum absolute atomic E-state index is 14.0. The lowest BCUT2D eigenvalue weighted by Crippen LogP contribution is -1.92. The molecule has 92 valence electrons. The predicted molar refractivity (Wildman–Crippen MR) is 73.0 cm³/mol. The first-order valence-electron chi connectivity index (χ1n) is 5.66. The van der Waals surface area contributed by atoms with Crippen LogP contribution < -0.4 is 5.73 Å². The molecule has 0 atom stereocenters. The van der Waals surface area contributed by atoms with Crippen molar-refractivity contribution in [3.8, 4) is 16.5 Å². The number of rotatable bonds is 2. The van der Waals surface area contributed by atoms with Gasteiger partial charge in [-0.15, -0.1) is 11.3 Å². The van der Waals surface area contributed by atoms with E-state index in [1.807, 2.05) is 19.9 Å². The second-order valence-electron chi connectivity index (χ2n) is 4.10. The Hall–Kier alpha value is -1.86. The molecule has 0 saturated carbocycles. The van der Waals surface area contributed by atoms with Crippen molar-refractivity contribution in [1.82, 2.24) is 0 Å². The molecule has 0 amide bonds. The van der Waals surface area contributed by atoms with Gasteiger partial charge in [-0.25, -0.2) is 4.39 Å². The third kappa shape index (κ3) is 1.98. The molecule has 0 fully saturated rings. The molecular weight excluding hydrogens is 247 g/mol. The number of anilines is 1. The van der Waals surface area contributed by atoms with Crippen molar-refractivity contribution >= 4 is 17.0 Å².